The Morgan fingerprint density at radius 2 is 2.25 bits per heavy atom. The van der Waals surface area contributed by atoms with Crippen LogP contribution in [0, 0.1) is 0 Å². The average molecular weight is 228 g/mol. The third kappa shape index (κ3) is 3.94. The molecular formula is C12H20O4. The van der Waals surface area contributed by atoms with E-state index in [9.17, 15) is 15.0 Å². The first kappa shape index (κ1) is 13.2. The van der Waals surface area contributed by atoms with E-state index in [2.05, 4.69) is 0 Å². The van der Waals surface area contributed by atoms with E-state index in [0.29, 0.717) is 12.8 Å². The molecule has 0 aliphatic carbocycles. The van der Waals surface area contributed by atoms with E-state index in [1.807, 2.05) is 6.92 Å². The number of aliphatic hydroxyl groups is 2. The quantitative estimate of drug-likeness (QED) is 0.550. The Balaban J connectivity index is 2.72. The van der Waals surface area contributed by atoms with Gasteiger partial charge in [0.2, 0.25) is 0 Å². The van der Waals surface area contributed by atoms with Gasteiger partial charge < -0.3 is 14.9 Å². The minimum absolute atomic E-state index is 0.292. The zero-order chi connectivity index (χ0) is 12.0. The van der Waals surface area contributed by atoms with Crippen LogP contribution in [0.15, 0.2) is 12.2 Å². The number of cyclic esters (lactones) is 1. The summed E-state index contributed by atoms with van der Waals surface area (Å²) < 4.78 is 5.17. The molecule has 0 aromatic heterocycles. The van der Waals surface area contributed by atoms with Crippen molar-refractivity contribution in [2.75, 3.05) is 0 Å². The summed E-state index contributed by atoms with van der Waals surface area (Å²) in [5, 5.41) is 19.5. The van der Waals surface area contributed by atoms with Crippen LogP contribution in [0.2, 0.25) is 0 Å². The summed E-state index contributed by atoms with van der Waals surface area (Å²) in [6.07, 6.45) is 3.96. The zero-order valence-corrected chi connectivity index (χ0v) is 9.63. The average Bonchev–Trinajstić information content (AvgIpc) is 2.26. The van der Waals surface area contributed by atoms with Crippen LogP contribution < -0.4 is 0 Å². The first-order valence-corrected chi connectivity index (χ1v) is 5.87. The van der Waals surface area contributed by atoms with Crippen molar-refractivity contribution in [1.82, 2.24) is 0 Å². The van der Waals surface area contributed by atoms with E-state index in [4.69, 9.17) is 4.74 Å². The number of rotatable bonds is 2. The minimum atomic E-state index is -1.03. The maximum Gasteiger partial charge on any atom is 0.306 e. The Morgan fingerprint density at radius 1 is 1.50 bits per heavy atom. The fraction of sp³-hybridized carbons (Fsp3) is 0.750. The van der Waals surface area contributed by atoms with Gasteiger partial charge in [-0.25, -0.2) is 0 Å². The van der Waals surface area contributed by atoms with Gasteiger partial charge in [-0.1, -0.05) is 25.5 Å². The van der Waals surface area contributed by atoms with E-state index < -0.39 is 18.3 Å². The Bertz CT molecular complexity index is 249. The van der Waals surface area contributed by atoms with Crippen LogP contribution in [0.4, 0.5) is 0 Å². The molecule has 0 fully saturated rings. The molecule has 3 atom stereocenters. The van der Waals surface area contributed by atoms with Gasteiger partial charge in [0.05, 0.1) is 0 Å². The number of esters is 1. The lowest BCUT2D eigenvalue weighted by Gasteiger charge is -2.25. The van der Waals surface area contributed by atoms with Crippen molar-refractivity contribution < 1.29 is 19.7 Å². The molecule has 0 saturated carbocycles. The van der Waals surface area contributed by atoms with Gasteiger partial charge in [-0.05, 0) is 19.3 Å². The highest BCUT2D eigenvalue weighted by molar-refractivity contribution is 5.69. The van der Waals surface area contributed by atoms with Gasteiger partial charge >= 0.3 is 5.97 Å². The number of aliphatic hydroxyl groups excluding tert-OH is 2. The number of allylic oxidation sites excluding steroid dienone is 1. The van der Waals surface area contributed by atoms with Crippen molar-refractivity contribution in [1.29, 1.82) is 0 Å². The zero-order valence-electron chi connectivity index (χ0n) is 9.63. The molecule has 16 heavy (non-hydrogen) atoms. The summed E-state index contributed by atoms with van der Waals surface area (Å²) in [6.45, 7) is 1.95. The van der Waals surface area contributed by atoms with E-state index in [0.717, 1.165) is 19.3 Å². The molecule has 0 radical (unpaired) electrons. The largest absolute Gasteiger partial charge is 0.459 e. The summed E-state index contributed by atoms with van der Waals surface area (Å²) in [5.41, 5.74) is 0. The third-order valence-electron chi connectivity index (χ3n) is 2.67. The standard InChI is InChI=1S/C12H20O4/c1-2-6-10-12(15)9(13)7-4-3-5-8-11(14)16-10/h4,7,9-10,12-13,15H,2-3,5-6,8H2,1H3/b7-4-/t9-,10+,12-/m0/s1. The molecule has 0 unspecified atom stereocenters. The Kier molecular flexibility index (Phi) is 5.49. The van der Waals surface area contributed by atoms with Gasteiger partial charge in [0.25, 0.3) is 0 Å². The van der Waals surface area contributed by atoms with Crippen LogP contribution in [-0.4, -0.2) is 34.5 Å². The van der Waals surface area contributed by atoms with Gasteiger partial charge in [-0.3, -0.25) is 4.79 Å². The summed E-state index contributed by atoms with van der Waals surface area (Å²) in [7, 11) is 0. The smallest absolute Gasteiger partial charge is 0.306 e. The Hall–Kier alpha value is -0.870. The number of carbonyl (C=O) groups excluding carboxylic acids is 1. The van der Waals surface area contributed by atoms with Crippen molar-refractivity contribution >= 4 is 5.97 Å². The Morgan fingerprint density at radius 3 is 2.94 bits per heavy atom. The fourth-order valence-corrected chi connectivity index (χ4v) is 1.75. The molecule has 92 valence electrons. The van der Waals surface area contributed by atoms with E-state index >= 15 is 0 Å². The van der Waals surface area contributed by atoms with Gasteiger partial charge in [0.1, 0.15) is 18.3 Å². The fourth-order valence-electron chi connectivity index (χ4n) is 1.75. The second kappa shape index (κ2) is 6.66. The molecule has 0 amide bonds. The van der Waals surface area contributed by atoms with Gasteiger partial charge in [-0.2, -0.15) is 0 Å². The number of hydrogen-bond donors (Lipinski definition) is 2. The maximum absolute atomic E-state index is 11.4. The van der Waals surface area contributed by atoms with Crippen molar-refractivity contribution in [3.63, 3.8) is 0 Å². The summed E-state index contributed by atoms with van der Waals surface area (Å²) in [6, 6.07) is 0. The minimum Gasteiger partial charge on any atom is -0.459 e. The molecule has 1 aliphatic rings. The van der Waals surface area contributed by atoms with Crippen LogP contribution >= 0.6 is 0 Å². The second-order valence-corrected chi connectivity index (χ2v) is 4.12. The maximum atomic E-state index is 11.4. The lowest BCUT2D eigenvalue weighted by atomic mass is 10.0. The van der Waals surface area contributed by atoms with Crippen molar-refractivity contribution in [2.45, 2.75) is 57.3 Å². The van der Waals surface area contributed by atoms with Crippen molar-refractivity contribution in [3.8, 4) is 0 Å². The van der Waals surface area contributed by atoms with Crippen LogP contribution in [-0.2, 0) is 9.53 Å². The number of ether oxygens (including phenoxy) is 1. The van der Waals surface area contributed by atoms with Crippen LogP contribution in [0.1, 0.15) is 39.0 Å². The molecule has 4 heteroatoms. The van der Waals surface area contributed by atoms with E-state index in [1.165, 1.54) is 0 Å². The summed E-state index contributed by atoms with van der Waals surface area (Å²) >= 11 is 0. The van der Waals surface area contributed by atoms with Gasteiger partial charge in [0, 0.05) is 6.42 Å². The molecular weight excluding hydrogens is 208 g/mol. The van der Waals surface area contributed by atoms with E-state index in [1.54, 1.807) is 12.2 Å². The lowest BCUT2D eigenvalue weighted by Crippen LogP contribution is -2.39. The van der Waals surface area contributed by atoms with Crippen molar-refractivity contribution in [2.24, 2.45) is 0 Å². The molecule has 0 spiro atoms. The normalized spacial score (nSPS) is 34.2. The Labute approximate surface area is 95.9 Å². The topological polar surface area (TPSA) is 66.8 Å². The van der Waals surface area contributed by atoms with Gasteiger partial charge in [-0.15, -0.1) is 0 Å². The molecule has 0 saturated heterocycles. The molecule has 1 rings (SSSR count). The predicted octanol–water partition coefficient (Wildman–Crippen LogP) is 1.16. The molecule has 0 bridgehead atoms. The van der Waals surface area contributed by atoms with Gasteiger partial charge in [0.15, 0.2) is 0 Å². The molecule has 1 heterocycles. The van der Waals surface area contributed by atoms with E-state index in [-0.39, 0.29) is 5.97 Å². The molecule has 1 aliphatic heterocycles. The lowest BCUT2D eigenvalue weighted by molar-refractivity contribution is -0.159. The summed E-state index contributed by atoms with van der Waals surface area (Å²) in [4.78, 5) is 11.4. The SMILES string of the molecule is CCC[C@H]1OC(=O)CCC/C=C\[C@H](O)[C@@H]1O. The summed E-state index contributed by atoms with van der Waals surface area (Å²) in [5.74, 6) is -0.292. The molecule has 4 nitrogen and oxygen atoms in total. The van der Waals surface area contributed by atoms with Crippen molar-refractivity contribution in [3.05, 3.63) is 12.2 Å². The van der Waals surface area contributed by atoms with Crippen LogP contribution in [0.5, 0.6) is 0 Å². The monoisotopic (exact) mass is 228 g/mol. The highest BCUT2D eigenvalue weighted by Gasteiger charge is 2.27. The first-order chi connectivity index (χ1) is 7.65. The highest BCUT2D eigenvalue weighted by Crippen LogP contribution is 2.15. The number of hydrogen-bond acceptors (Lipinski definition) is 4. The molecule has 0 aromatic carbocycles. The second-order valence-electron chi connectivity index (χ2n) is 4.12. The first-order valence-electron chi connectivity index (χ1n) is 5.87. The van der Waals surface area contributed by atoms with Crippen LogP contribution in [0.3, 0.4) is 0 Å². The van der Waals surface area contributed by atoms with Crippen LogP contribution in [0.25, 0.3) is 0 Å². The third-order valence-corrected chi connectivity index (χ3v) is 2.67. The molecule has 0 aromatic rings. The highest BCUT2D eigenvalue weighted by atomic mass is 16.6. The predicted molar refractivity (Wildman–Crippen MR) is 59.8 cm³/mol. The molecule has 2 N–H and O–H groups in total. The number of carbonyl (C=O) groups is 1.